The monoisotopic (exact) mass is 479 g/mol. The first-order valence-electron chi connectivity index (χ1n) is 9.55. The van der Waals surface area contributed by atoms with Crippen LogP contribution >= 0.6 is 15.9 Å². The van der Waals surface area contributed by atoms with Gasteiger partial charge in [-0.1, -0.05) is 15.9 Å². The van der Waals surface area contributed by atoms with Gasteiger partial charge in [-0.05, 0) is 73.7 Å². The fourth-order valence-corrected chi connectivity index (χ4v) is 3.51. The van der Waals surface area contributed by atoms with Crippen LogP contribution in [0.3, 0.4) is 0 Å². The number of anilines is 1. The summed E-state index contributed by atoms with van der Waals surface area (Å²) in [6.07, 6.45) is 3.30. The number of ether oxygens (including phenoxy) is 1. The van der Waals surface area contributed by atoms with Crippen molar-refractivity contribution in [3.05, 3.63) is 82.6 Å². The van der Waals surface area contributed by atoms with Gasteiger partial charge < -0.3 is 9.30 Å². The summed E-state index contributed by atoms with van der Waals surface area (Å²) in [5.74, 6) is -0.665. The smallest absolute Gasteiger partial charge is 0.335 e. The number of carbonyl (C=O) groups is 3. The van der Waals surface area contributed by atoms with Crippen LogP contribution in [0.1, 0.15) is 12.6 Å². The molecular formula is C23H18BrN3O4. The lowest BCUT2D eigenvalue weighted by Gasteiger charge is -2.26. The van der Waals surface area contributed by atoms with E-state index in [4.69, 9.17) is 4.74 Å². The Hall–Kier alpha value is -3.65. The van der Waals surface area contributed by atoms with Crippen molar-refractivity contribution < 1.29 is 19.1 Å². The van der Waals surface area contributed by atoms with E-state index in [1.807, 2.05) is 48.0 Å². The standard InChI is InChI=1S/C23H18BrN3O4/c1-2-31-19-11-9-16(10-12-19)26-13-3-4-18(26)14-20-21(28)25-23(30)27(22(20)29)17-7-5-15(24)6-8-17/h3-14H,2H2,1H3,(H,25,28,30). The summed E-state index contributed by atoms with van der Waals surface area (Å²) in [6, 6.07) is 17.0. The molecule has 1 fully saturated rings. The minimum absolute atomic E-state index is 0.131. The third-order valence-corrected chi connectivity index (χ3v) is 5.21. The van der Waals surface area contributed by atoms with Crippen molar-refractivity contribution in [1.29, 1.82) is 0 Å². The SMILES string of the molecule is CCOc1ccc(-n2cccc2C=C2C(=O)NC(=O)N(c3ccc(Br)cc3)C2=O)cc1. The molecule has 3 aromatic rings. The average Bonchev–Trinajstić information content (AvgIpc) is 3.21. The quantitative estimate of drug-likeness (QED) is 0.436. The first-order valence-corrected chi connectivity index (χ1v) is 10.3. The fourth-order valence-electron chi connectivity index (χ4n) is 3.25. The highest BCUT2D eigenvalue weighted by Gasteiger charge is 2.36. The summed E-state index contributed by atoms with van der Waals surface area (Å²) in [5, 5.41) is 2.24. The molecule has 31 heavy (non-hydrogen) atoms. The van der Waals surface area contributed by atoms with Crippen LogP contribution in [-0.2, 0) is 9.59 Å². The molecule has 1 aliphatic heterocycles. The molecule has 0 bridgehead atoms. The fraction of sp³-hybridized carbons (Fsp3) is 0.0870. The minimum Gasteiger partial charge on any atom is -0.494 e. The number of nitrogens with zero attached hydrogens (tertiary/aromatic N) is 2. The predicted molar refractivity (Wildman–Crippen MR) is 120 cm³/mol. The third kappa shape index (κ3) is 4.15. The molecule has 2 aromatic carbocycles. The van der Waals surface area contributed by atoms with Gasteiger partial charge in [-0.2, -0.15) is 0 Å². The van der Waals surface area contributed by atoms with Crippen molar-refractivity contribution in [2.24, 2.45) is 0 Å². The summed E-state index contributed by atoms with van der Waals surface area (Å²) in [6.45, 7) is 2.49. The Bertz CT molecular complexity index is 1180. The van der Waals surface area contributed by atoms with Gasteiger partial charge in [0.1, 0.15) is 11.3 Å². The van der Waals surface area contributed by atoms with Crippen LogP contribution in [0.2, 0.25) is 0 Å². The molecule has 1 N–H and O–H groups in total. The minimum atomic E-state index is -0.781. The van der Waals surface area contributed by atoms with Crippen LogP contribution in [0.15, 0.2) is 76.9 Å². The van der Waals surface area contributed by atoms with Crippen LogP contribution in [-0.4, -0.2) is 29.0 Å². The number of hydrogen-bond donors (Lipinski definition) is 1. The number of nitrogens with one attached hydrogen (secondary N) is 1. The molecule has 0 saturated carbocycles. The van der Waals surface area contributed by atoms with Crippen molar-refractivity contribution >= 4 is 45.5 Å². The molecule has 1 aliphatic rings. The van der Waals surface area contributed by atoms with Crippen molar-refractivity contribution in [3.8, 4) is 11.4 Å². The normalized spacial score (nSPS) is 15.4. The molecule has 7 nitrogen and oxygen atoms in total. The Labute approximate surface area is 187 Å². The zero-order chi connectivity index (χ0) is 22.0. The van der Waals surface area contributed by atoms with Gasteiger partial charge in [0.25, 0.3) is 11.8 Å². The molecule has 0 unspecified atom stereocenters. The molecule has 4 amide bonds. The second-order valence-corrected chi connectivity index (χ2v) is 7.58. The van der Waals surface area contributed by atoms with Crippen LogP contribution < -0.4 is 15.0 Å². The molecule has 0 atom stereocenters. The largest absolute Gasteiger partial charge is 0.494 e. The number of hydrogen-bond acceptors (Lipinski definition) is 4. The molecule has 1 aromatic heterocycles. The first-order chi connectivity index (χ1) is 15.0. The molecular weight excluding hydrogens is 462 g/mol. The van der Waals surface area contributed by atoms with Gasteiger partial charge >= 0.3 is 6.03 Å². The Morgan fingerprint density at radius 1 is 0.968 bits per heavy atom. The number of amides is 4. The van der Waals surface area contributed by atoms with E-state index in [0.717, 1.165) is 20.8 Å². The van der Waals surface area contributed by atoms with Crippen LogP contribution in [0.5, 0.6) is 5.75 Å². The maximum atomic E-state index is 13.1. The van der Waals surface area contributed by atoms with Crippen molar-refractivity contribution in [1.82, 2.24) is 9.88 Å². The molecule has 0 spiro atoms. The van der Waals surface area contributed by atoms with E-state index in [-0.39, 0.29) is 5.57 Å². The molecule has 156 valence electrons. The number of rotatable bonds is 5. The molecule has 0 aliphatic carbocycles. The summed E-state index contributed by atoms with van der Waals surface area (Å²) in [4.78, 5) is 38.8. The Morgan fingerprint density at radius 2 is 1.65 bits per heavy atom. The summed E-state index contributed by atoms with van der Waals surface area (Å²) < 4.78 is 8.11. The average molecular weight is 480 g/mol. The summed E-state index contributed by atoms with van der Waals surface area (Å²) in [7, 11) is 0. The highest BCUT2D eigenvalue weighted by molar-refractivity contribution is 9.10. The van der Waals surface area contributed by atoms with Gasteiger partial charge in [-0.25, -0.2) is 9.69 Å². The number of halogens is 1. The van der Waals surface area contributed by atoms with Gasteiger partial charge in [0.15, 0.2) is 0 Å². The van der Waals surface area contributed by atoms with Crippen molar-refractivity contribution in [3.63, 3.8) is 0 Å². The number of barbiturate groups is 1. The topological polar surface area (TPSA) is 80.6 Å². The molecule has 0 radical (unpaired) electrons. The van der Waals surface area contributed by atoms with E-state index in [1.165, 1.54) is 6.08 Å². The van der Waals surface area contributed by atoms with E-state index in [1.54, 1.807) is 30.3 Å². The Morgan fingerprint density at radius 3 is 2.32 bits per heavy atom. The lowest BCUT2D eigenvalue weighted by Crippen LogP contribution is -2.54. The van der Waals surface area contributed by atoms with Crippen molar-refractivity contribution in [2.45, 2.75) is 6.92 Å². The van der Waals surface area contributed by atoms with Gasteiger partial charge in [-0.15, -0.1) is 0 Å². The van der Waals surface area contributed by atoms with Crippen molar-refractivity contribution in [2.75, 3.05) is 11.5 Å². The van der Waals surface area contributed by atoms with E-state index in [9.17, 15) is 14.4 Å². The number of carbonyl (C=O) groups excluding carboxylic acids is 3. The number of imide groups is 2. The predicted octanol–water partition coefficient (Wildman–Crippen LogP) is 4.30. The lowest BCUT2D eigenvalue weighted by molar-refractivity contribution is -0.122. The van der Waals surface area contributed by atoms with Crippen LogP contribution in [0.25, 0.3) is 11.8 Å². The second-order valence-electron chi connectivity index (χ2n) is 6.66. The van der Waals surface area contributed by atoms with E-state index >= 15 is 0 Å². The van der Waals surface area contributed by atoms with Gasteiger partial charge in [0.2, 0.25) is 0 Å². The maximum absolute atomic E-state index is 13.1. The van der Waals surface area contributed by atoms with Crippen LogP contribution in [0.4, 0.5) is 10.5 Å². The number of aromatic nitrogens is 1. The molecule has 1 saturated heterocycles. The third-order valence-electron chi connectivity index (χ3n) is 4.68. The van der Waals surface area contributed by atoms with E-state index in [0.29, 0.717) is 18.0 Å². The molecule has 2 heterocycles. The highest BCUT2D eigenvalue weighted by Crippen LogP contribution is 2.25. The summed E-state index contributed by atoms with van der Waals surface area (Å²) >= 11 is 3.32. The van der Waals surface area contributed by atoms with Crippen LogP contribution in [0, 0.1) is 0 Å². The molecule has 4 rings (SSSR count). The summed E-state index contributed by atoms with van der Waals surface area (Å²) in [5.41, 5.74) is 1.69. The van der Waals surface area contributed by atoms with Gasteiger partial charge in [0, 0.05) is 22.1 Å². The van der Waals surface area contributed by atoms with Gasteiger partial charge in [0.05, 0.1) is 12.3 Å². The second kappa shape index (κ2) is 8.61. The zero-order valence-corrected chi connectivity index (χ0v) is 18.1. The van der Waals surface area contributed by atoms with Gasteiger partial charge in [-0.3, -0.25) is 14.9 Å². The highest BCUT2D eigenvalue weighted by atomic mass is 79.9. The van der Waals surface area contributed by atoms with E-state index < -0.39 is 17.8 Å². The van der Waals surface area contributed by atoms with E-state index in [2.05, 4.69) is 21.2 Å². The number of urea groups is 1. The number of benzene rings is 2. The lowest BCUT2D eigenvalue weighted by atomic mass is 10.1. The first kappa shape index (κ1) is 20.6. The zero-order valence-electron chi connectivity index (χ0n) is 16.5. The molecule has 8 heteroatoms. The Kier molecular flexibility index (Phi) is 5.73. The Balaban J connectivity index is 1.69. The maximum Gasteiger partial charge on any atom is 0.335 e.